The van der Waals surface area contributed by atoms with Gasteiger partial charge < -0.3 is 25.0 Å². The van der Waals surface area contributed by atoms with Gasteiger partial charge in [-0.25, -0.2) is 8.78 Å². The van der Waals surface area contributed by atoms with Gasteiger partial charge in [0.25, 0.3) is 5.91 Å². The van der Waals surface area contributed by atoms with E-state index in [1.54, 1.807) is 5.32 Å². The number of pyridine rings is 1. The molecule has 1 aliphatic carbocycles. The molecule has 1 saturated carbocycles. The Balaban J connectivity index is 2.13. The Morgan fingerprint density at radius 2 is 1.78 bits per heavy atom. The van der Waals surface area contributed by atoms with E-state index in [4.69, 9.17) is 9.79 Å². The number of hydrogen-bond acceptors (Lipinski definition) is 4. The first-order chi connectivity index (χ1) is 16.8. The van der Waals surface area contributed by atoms with Crippen LogP contribution in [-0.4, -0.2) is 38.5 Å². The molecule has 2 aromatic rings. The zero-order valence-corrected chi connectivity index (χ0v) is 20.9. The molecular formula is C23H30F4N3O5P. The van der Waals surface area contributed by atoms with Crippen LogP contribution in [0.3, 0.4) is 0 Å². The van der Waals surface area contributed by atoms with Gasteiger partial charge in [-0.3, -0.25) is 14.2 Å². The van der Waals surface area contributed by atoms with E-state index in [9.17, 15) is 22.9 Å². The Labute approximate surface area is 205 Å². The Hall–Kier alpha value is -2.43. The number of anilines is 1. The second-order valence-corrected chi connectivity index (χ2v) is 10.8. The van der Waals surface area contributed by atoms with Crippen LogP contribution in [0.5, 0.6) is 0 Å². The Morgan fingerprint density at radius 3 is 2.33 bits per heavy atom. The molecule has 8 nitrogen and oxygen atoms in total. The number of hydrogen-bond donors (Lipinski definition) is 4. The topological polar surface area (TPSA) is 121 Å². The number of benzene rings is 1. The van der Waals surface area contributed by atoms with Gasteiger partial charge in [0.1, 0.15) is 5.56 Å². The third-order valence-corrected chi connectivity index (χ3v) is 7.65. The molecular weight excluding hydrogens is 505 g/mol. The van der Waals surface area contributed by atoms with Crippen molar-refractivity contribution in [3.8, 4) is 0 Å². The van der Waals surface area contributed by atoms with E-state index in [2.05, 4.69) is 5.32 Å². The van der Waals surface area contributed by atoms with E-state index >= 15 is 8.78 Å². The fraction of sp³-hybridized carbons (Fsp3) is 0.565. The van der Waals surface area contributed by atoms with Gasteiger partial charge in [0.15, 0.2) is 11.6 Å². The lowest BCUT2D eigenvalue weighted by atomic mass is 9.95. The molecule has 0 aliphatic heterocycles. The quantitative estimate of drug-likeness (QED) is 0.268. The molecule has 0 saturated heterocycles. The highest BCUT2D eigenvalue weighted by atomic mass is 31.2. The van der Waals surface area contributed by atoms with Crippen molar-refractivity contribution in [1.82, 2.24) is 9.88 Å². The first-order valence-electron chi connectivity index (χ1n) is 11.9. The van der Waals surface area contributed by atoms with E-state index in [0.29, 0.717) is 12.8 Å². The van der Waals surface area contributed by atoms with Crippen molar-refractivity contribution in [2.45, 2.75) is 76.5 Å². The molecule has 1 amide bonds. The van der Waals surface area contributed by atoms with E-state index in [-0.39, 0.29) is 23.3 Å². The number of aromatic nitrogens is 1. The lowest BCUT2D eigenvalue weighted by molar-refractivity contribution is 0.0547. The molecule has 1 heterocycles. The van der Waals surface area contributed by atoms with Crippen LogP contribution in [0.25, 0.3) is 10.9 Å². The fourth-order valence-corrected chi connectivity index (χ4v) is 4.82. The molecule has 1 fully saturated rings. The Kier molecular flexibility index (Phi) is 8.52. The summed E-state index contributed by atoms with van der Waals surface area (Å²) in [4.78, 5) is 43.2. The molecule has 36 heavy (non-hydrogen) atoms. The number of carbonyl (C=O) groups excluding carboxylic acids is 1. The maximum absolute atomic E-state index is 15.3. The smallest absolute Gasteiger partial charge is 0.380 e. The van der Waals surface area contributed by atoms with Crippen molar-refractivity contribution in [1.29, 1.82) is 0 Å². The van der Waals surface area contributed by atoms with Crippen molar-refractivity contribution in [2.75, 3.05) is 11.9 Å². The highest BCUT2D eigenvalue weighted by molar-refractivity contribution is 7.53. The second-order valence-electron chi connectivity index (χ2n) is 9.07. The molecule has 200 valence electrons. The SMILES string of the molecule is CCC(CC)n1cc(C(=O)NCC(F)(F)P(=O)(O)O)c(=O)c2c(F)c(F)c(NC3CCCCC3)cc21. The maximum Gasteiger partial charge on any atom is 0.396 e. The third kappa shape index (κ3) is 5.60. The van der Waals surface area contributed by atoms with Crippen molar-refractivity contribution < 1.29 is 36.7 Å². The number of alkyl halides is 2. The van der Waals surface area contributed by atoms with Crippen LogP contribution in [0.1, 0.15) is 75.2 Å². The van der Waals surface area contributed by atoms with Crippen LogP contribution < -0.4 is 16.1 Å². The maximum atomic E-state index is 15.3. The number of fused-ring (bicyclic) bond motifs is 1. The van der Waals surface area contributed by atoms with Gasteiger partial charge >= 0.3 is 13.3 Å². The monoisotopic (exact) mass is 535 g/mol. The highest BCUT2D eigenvalue weighted by Crippen LogP contribution is 2.52. The third-order valence-electron chi connectivity index (χ3n) is 6.64. The second kappa shape index (κ2) is 10.9. The summed E-state index contributed by atoms with van der Waals surface area (Å²) < 4.78 is 70.1. The number of nitrogens with one attached hydrogen (secondary N) is 2. The Bertz CT molecular complexity index is 1240. The average Bonchev–Trinajstić information content (AvgIpc) is 2.82. The molecule has 4 N–H and O–H groups in total. The van der Waals surface area contributed by atoms with Crippen molar-refractivity contribution in [3.05, 3.63) is 39.7 Å². The van der Waals surface area contributed by atoms with E-state index in [0.717, 1.165) is 38.3 Å². The number of carbonyl (C=O) groups is 1. The summed E-state index contributed by atoms with van der Waals surface area (Å²) in [5.74, 6) is -4.14. The van der Waals surface area contributed by atoms with Crippen LogP contribution in [0.15, 0.2) is 17.1 Å². The largest absolute Gasteiger partial charge is 0.396 e. The zero-order chi connectivity index (χ0) is 26.8. The van der Waals surface area contributed by atoms with Crippen LogP contribution in [0.2, 0.25) is 0 Å². The molecule has 0 radical (unpaired) electrons. The van der Waals surface area contributed by atoms with E-state index in [1.165, 1.54) is 10.6 Å². The van der Waals surface area contributed by atoms with Gasteiger partial charge in [0, 0.05) is 18.3 Å². The highest BCUT2D eigenvalue weighted by Gasteiger charge is 2.48. The number of rotatable bonds is 9. The standard InChI is InChI=1S/C23H30F4N3O5P/c1-3-14(4-2)30-11-15(22(32)28-12-23(26,27)36(33,34)35)21(31)18-17(30)10-16(19(24)20(18)25)29-13-8-6-5-7-9-13/h10-11,13-14,29H,3-9,12H2,1-2H3,(H,28,32)(H2,33,34,35). The van der Waals surface area contributed by atoms with Gasteiger partial charge in [0.2, 0.25) is 5.43 Å². The minimum absolute atomic E-state index is 0.0445. The molecule has 13 heteroatoms. The first kappa shape index (κ1) is 28.1. The summed E-state index contributed by atoms with van der Waals surface area (Å²) in [6.07, 6.45) is 6.63. The predicted molar refractivity (Wildman–Crippen MR) is 128 cm³/mol. The van der Waals surface area contributed by atoms with E-state index < -0.39 is 53.7 Å². The summed E-state index contributed by atoms with van der Waals surface area (Å²) in [6, 6.07) is 0.925. The normalized spacial score (nSPS) is 15.5. The average molecular weight is 535 g/mol. The van der Waals surface area contributed by atoms with Crippen LogP contribution in [0.4, 0.5) is 23.2 Å². The number of amides is 1. The minimum Gasteiger partial charge on any atom is -0.380 e. The lowest BCUT2D eigenvalue weighted by Gasteiger charge is -2.26. The predicted octanol–water partition coefficient (Wildman–Crippen LogP) is 4.89. The summed E-state index contributed by atoms with van der Waals surface area (Å²) in [6.45, 7) is 1.89. The van der Waals surface area contributed by atoms with Crippen molar-refractivity contribution in [3.63, 3.8) is 0 Å². The van der Waals surface area contributed by atoms with Crippen LogP contribution in [0, 0.1) is 11.6 Å². The van der Waals surface area contributed by atoms with Crippen molar-refractivity contribution in [2.24, 2.45) is 0 Å². The summed E-state index contributed by atoms with van der Waals surface area (Å²) in [7, 11) is -5.89. The number of halogens is 4. The summed E-state index contributed by atoms with van der Waals surface area (Å²) in [5, 5.41) is 3.95. The molecule has 0 atom stereocenters. The van der Waals surface area contributed by atoms with Gasteiger partial charge in [0.05, 0.1) is 23.1 Å². The molecule has 1 aromatic carbocycles. The molecule has 3 rings (SSSR count). The van der Waals surface area contributed by atoms with Crippen LogP contribution >= 0.6 is 7.60 Å². The minimum atomic E-state index is -5.89. The lowest BCUT2D eigenvalue weighted by Crippen LogP contribution is -2.38. The molecule has 1 aliphatic rings. The molecule has 1 aromatic heterocycles. The zero-order valence-electron chi connectivity index (χ0n) is 20.0. The molecule has 0 spiro atoms. The summed E-state index contributed by atoms with van der Waals surface area (Å²) in [5.41, 5.74) is -6.61. The van der Waals surface area contributed by atoms with Crippen LogP contribution in [-0.2, 0) is 4.57 Å². The van der Waals surface area contributed by atoms with Gasteiger partial charge in [-0.1, -0.05) is 33.1 Å². The van der Waals surface area contributed by atoms with E-state index in [1.807, 2.05) is 13.8 Å². The summed E-state index contributed by atoms with van der Waals surface area (Å²) >= 11 is 0. The van der Waals surface area contributed by atoms with Gasteiger partial charge in [-0.2, -0.15) is 8.78 Å². The Morgan fingerprint density at radius 1 is 1.17 bits per heavy atom. The van der Waals surface area contributed by atoms with Gasteiger partial charge in [-0.05, 0) is 31.7 Å². The molecule has 0 unspecified atom stereocenters. The fourth-order valence-electron chi connectivity index (χ4n) is 4.54. The van der Waals surface area contributed by atoms with Gasteiger partial charge in [-0.15, -0.1) is 0 Å². The van der Waals surface area contributed by atoms with Crippen molar-refractivity contribution >= 4 is 30.1 Å². The molecule has 0 bridgehead atoms. The number of nitrogens with zero attached hydrogens (tertiary/aromatic N) is 1. The first-order valence-corrected chi connectivity index (χ1v) is 13.5.